The summed E-state index contributed by atoms with van der Waals surface area (Å²) in [7, 11) is 0. The van der Waals surface area contributed by atoms with Crippen LogP contribution < -0.4 is 0 Å². The van der Waals surface area contributed by atoms with Crippen molar-refractivity contribution in [2.24, 2.45) is 39.4 Å². The Morgan fingerprint density at radius 2 is 1.81 bits per heavy atom. The highest BCUT2D eigenvalue weighted by Gasteiger charge is 2.66. The van der Waals surface area contributed by atoms with Crippen LogP contribution in [0.25, 0.3) is 0 Å². The Hall–Kier alpha value is -2.34. The molecule has 0 aromatic rings. The second kappa shape index (κ2) is 8.34. The molecule has 4 rings (SSSR count). The fourth-order valence-electron chi connectivity index (χ4n) is 8.10. The molecule has 0 spiro atoms. The van der Waals surface area contributed by atoms with Gasteiger partial charge in [-0.2, -0.15) is 0 Å². The van der Waals surface area contributed by atoms with E-state index in [0.29, 0.717) is 31.3 Å². The number of Topliss-reactive ketones (excluding diaryl/α,β-unsaturated/α-hetero) is 2. The molecule has 0 aromatic heterocycles. The summed E-state index contributed by atoms with van der Waals surface area (Å²) in [6, 6.07) is 0. The first kappa shape index (κ1) is 26.7. The normalized spacial score (nSPS) is 40.4. The summed E-state index contributed by atoms with van der Waals surface area (Å²) in [6.45, 7) is 13.5. The molecule has 0 saturated heterocycles. The summed E-state index contributed by atoms with van der Waals surface area (Å²) in [5, 5.41) is 20.7. The number of aliphatic hydroxyl groups excluding tert-OH is 1. The largest absolute Gasteiger partial charge is 0.481 e. The molecule has 6 nitrogen and oxygen atoms in total. The predicted octanol–water partition coefficient (Wildman–Crippen LogP) is 4.86. The zero-order valence-corrected chi connectivity index (χ0v) is 22.6. The minimum Gasteiger partial charge on any atom is -0.481 e. The Morgan fingerprint density at radius 1 is 1.17 bits per heavy atom. The number of aliphatic hydroxyl groups is 1. The van der Waals surface area contributed by atoms with Crippen LogP contribution in [0.15, 0.2) is 34.9 Å². The lowest BCUT2D eigenvalue weighted by Gasteiger charge is -2.58. The molecular weight excluding hydrogens is 456 g/mol. The molecule has 2 N–H and O–H groups in total. The van der Waals surface area contributed by atoms with E-state index in [1.165, 1.54) is 13.0 Å². The second-order valence-corrected chi connectivity index (χ2v) is 13.0. The summed E-state index contributed by atoms with van der Waals surface area (Å²) >= 11 is 0. The van der Waals surface area contributed by atoms with E-state index in [2.05, 4.69) is 26.0 Å². The molecule has 0 radical (unpaired) electrons. The van der Waals surface area contributed by atoms with E-state index in [4.69, 9.17) is 5.11 Å². The van der Waals surface area contributed by atoms with Crippen molar-refractivity contribution in [1.29, 1.82) is 0 Å². The standard InChI is InChI=1S/C30H40O6/c1-16(12-18(31)13-17(2)26(35)36)20-14-24(34)30(7)25-19(8-11-29(20,30)6)28(5)10-9-23(33)27(3,4)22(28)15-21(25)32/h8,11-12,17,20,22,24,34H,9-10,13-15H2,1-7H3,(H,35,36). The van der Waals surface area contributed by atoms with Gasteiger partial charge in [0.05, 0.1) is 12.0 Å². The number of carboxylic acids is 1. The molecule has 36 heavy (non-hydrogen) atoms. The molecule has 0 heterocycles. The monoisotopic (exact) mass is 496 g/mol. The number of allylic oxidation sites excluding steroid dienone is 5. The van der Waals surface area contributed by atoms with E-state index in [9.17, 15) is 24.3 Å². The molecule has 7 unspecified atom stereocenters. The third-order valence-electron chi connectivity index (χ3n) is 10.7. The van der Waals surface area contributed by atoms with E-state index in [1.54, 1.807) is 0 Å². The van der Waals surface area contributed by atoms with Crippen LogP contribution in [0.4, 0.5) is 0 Å². The van der Waals surface area contributed by atoms with E-state index in [1.807, 2.05) is 27.7 Å². The van der Waals surface area contributed by atoms with Gasteiger partial charge in [0.15, 0.2) is 11.6 Å². The number of carboxylic acid groups (broad SMARTS) is 1. The predicted molar refractivity (Wildman–Crippen MR) is 136 cm³/mol. The lowest BCUT2D eigenvalue weighted by molar-refractivity contribution is -0.143. The van der Waals surface area contributed by atoms with Gasteiger partial charge in [0.2, 0.25) is 0 Å². The van der Waals surface area contributed by atoms with Crippen molar-refractivity contribution in [3.05, 3.63) is 34.9 Å². The lowest BCUT2D eigenvalue weighted by atomic mass is 9.45. The van der Waals surface area contributed by atoms with Crippen molar-refractivity contribution in [1.82, 2.24) is 0 Å². The van der Waals surface area contributed by atoms with E-state index in [0.717, 1.165) is 11.1 Å². The summed E-state index contributed by atoms with van der Waals surface area (Å²) in [5.41, 5.74) is 0.136. The van der Waals surface area contributed by atoms with E-state index >= 15 is 0 Å². The van der Waals surface area contributed by atoms with Gasteiger partial charge in [-0.25, -0.2) is 0 Å². The van der Waals surface area contributed by atoms with Crippen LogP contribution in [-0.2, 0) is 19.2 Å². The van der Waals surface area contributed by atoms with Gasteiger partial charge in [0.25, 0.3) is 0 Å². The van der Waals surface area contributed by atoms with Crippen molar-refractivity contribution >= 4 is 23.3 Å². The van der Waals surface area contributed by atoms with Crippen molar-refractivity contribution in [3.8, 4) is 0 Å². The van der Waals surface area contributed by atoms with Gasteiger partial charge in [0, 0.05) is 41.1 Å². The van der Waals surface area contributed by atoms with Crippen LogP contribution in [0.5, 0.6) is 0 Å². The van der Waals surface area contributed by atoms with Crippen molar-refractivity contribution in [2.75, 3.05) is 0 Å². The van der Waals surface area contributed by atoms with Gasteiger partial charge in [-0.3, -0.25) is 19.2 Å². The molecule has 6 heteroatoms. The van der Waals surface area contributed by atoms with Gasteiger partial charge >= 0.3 is 5.97 Å². The van der Waals surface area contributed by atoms with Crippen LogP contribution in [-0.4, -0.2) is 39.6 Å². The molecule has 0 amide bonds. The minimum absolute atomic E-state index is 0.0148. The van der Waals surface area contributed by atoms with Crippen molar-refractivity contribution in [2.45, 2.75) is 86.7 Å². The molecule has 0 bridgehead atoms. The Balaban J connectivity index is 1.76. The maximum Gasteiger partial charge on any atom is 0.306 e. The number of ketones is 3. The Kier molecular flexibility index (Phi) is 6.19. The number of hydrogen-bond donors (Lipinski definition) is 2. The third kappa shape index (κ3) is 3.47. The zero-order chi connectivity index (χ0) is 27.0. The summed E-state index contributed by atoms with van der Waals surface area (Å²) in [5.74, 6) is -2.04. The fourth-order valence-corrected chi connectivity index (χ4v) is 8.10. The highest BCUT2D eigenvalue weighted by Crippen LogP contribution is 2.69. The highest BCUT2D eigenvalue weighted by atomic mass is 16.4. The number of hydrogen-bond acceptors (Lipinski definition) is 5. The van der Waals surface area contributed by atoms with E-state index in [-0.39, 0.29) is 41.0 Å². The van der Waals surface area contributed by atoms with Crippen molar-refractivity contribution in [3.63, 3.8) is 0 Å². The molecule has 4 aliphatic carbocycles. The van der Waals surface area contributed by atoms with Crippen LogP contribution in [0.2, 0.25) is 0 Å². The minimum atomic E-state index is -1.00. The summed E-state index contributed by atoms with van der Waals surface area (Å²) < 4.78 is 0. The van der Waals surface area contributed by atoms with Gasteiger partial charge in [-0.15, -0.1) is 0 Å². The Labute approximate surface area is 213 Å². The molecule has 4 aliphatic rings. The molecule has 2 fully saturated rings. The molecule has 196 valence electrons. The highest BCUT2D eigenvalue weighted by molar-refractivity contribution is 6.02. The number of carbonyl (C=O) groups is 4. The Bertz CT molecular complexity index is 1140. The van der Waals surface area contributed by atoms with Gasteiger partial charge < -0.3 is 10.2 Å². The molecule has 0 aliphatic heterocycles. The molecular formula is C30H40O6. The average Bonchev–Trinajstić information content (AvgIpc) is 2.99. The maximum absolute atomic E-state index is 13.9. The second-order valence-electron chi connectivity index (χ2n) is 13.0. The van der Waals surface area contributed by atoms with Crippen LogP contribution >= 0.6 is 0 Å². The number of rotatable bonds is 5. The van der Waals surface area contributed by atoms with E-state index < -0.39 is 34.2 Å². The quantitative estimate of drug-likeness (QED) is 0.527. The molecule has 2 saturated carbocycles. The number of aliphatic carboxylic acids is 1. The SMILES string of the molecule is CC(=CC(=O)CC(C)C(=O)O)C1CC(O)C2(C)C3=C(C=CC12C)C1(C)CCC(=O)C(C)(C)C1CC3=O. The maximum atomic E-state index is 13.9. The number of fused-ring (bicyclic) bond motifs is 4. The third-order valence-corrected chi connectivity index (χ3v) is 10.7. The van der Waals surface area contributed by atoms with Gasteiger partial charge in [-0.05, 0) is 48.7 Å². The first-order valence-corrected chi connectivity index (χ1v) is 13.1. The first-order chi connectivity index (χ1) is 16.5. The summed E-state index contributed by atoms with van der Waals surface area (Å²) in [4.78, 5) is 50.4. The van der Waals surface area contributed by atoms with Crippen LogP contribution in [0.1, 0.15) is 80.6 Å². The average molecular weight is 497 g/mol. The fraction of sp³-hybridized carbons (Fsp3) is 0.667. The van der Waals surface area contributed by atoms with Gasteiger partial charge in [-0.1, -0.05) is 59.3 Å². The molecule has 7 atom stereocenters. The topological polar surface area (TPSA) is 109 Å². The summed E-state index contributed by atoms with van der Waals surface area (Å²) in [6.07, 6.45) is 6.75. The smallest absolute Gasteiger partial charge is 0.306 e. The van der Waals surface area contributed by atoms with Crippen LogP contribution in [0.3, 0.4) is 0 Å². The molecule has 0 aromatic carbocycles. The first-order valence-electron chi connectivity index (χ1n) is 13.1. The van der Waals surface area contributed by atoms with Gasteiger partial charge in [0.1, 0.15) is 5.78 Å². The number of carbonyl (C=O) groups excluding carboxylic acids is 3. The zero-order valence-electron chi connectivity index (χ0n) is 22.6. The van der Waals surface area contributed by atoms with Crippen molar-refractivity contribution < 1.29 is 29.4 Å². The lowest BCUT2D eigenvalue weighted by Crippen LogP contribution is -2.56. The Morgan fingerprint density at radius 3 is 2.42 bits per heavy atom. The van der Waals surface area contributed by atoms with Crippen LogP contribution in [0, 0.1) is 39.4 Å².